The van der Waals surface area contributed by atoms with E-state index in [1.165, 1.54) is 26.7 Å². The molecule has 0 atom stereocenters. The Bertz CT molecular complexity index is 1260. The Morgan fingerprint density at radius 3 is 2.17 bits per heavy atom. The normalized spacial score (nSPS) is 14.7. The van der Waals surface area contributed by atoms with Crippen LogP contribution in [0.3, 0.4) is 0 Å². The van der Waals surface area contributed by atoms with Gasteiger partial charge in [0.05, 0.1) is 18.5 Å². The van der Waals surface area contributed by atoms with Crippen LogP contribution < -0.4 is 4.90 Å². The van der Waals surface area contributed by atoms with Crippen molar-refractivity contribution in [2.24, 2.45) is 5.92 Å². The summed E-state index contributed by atoms with van der Waals surface area (Å²) in [6.07, 6.45) is 7.80. The molecule has 0 radical (unpaired) electrons. The molecular formula is C29H40N6O6. The minimum atomic E-state index is -0.955. The number of anilines is 1. The number of nitrogens with zero attached hydrogens (tertiary/aromatic N) is 6. The van der Waals surface area contributed by atoms with Gasteiger partial charge in [-0.2, -0.15) is 10.00 Å². The van der Waals surface area contributed by atoms with Gasteiger partial charge in [0, 0.05) is 43.7 Å². The van der Waals surface area contributed by atoms with Crippen LogP contribution in [0.15, 0.2) is 24.9 Å². The molecule has 222 valence electrons. The first-order chi connectivity index (χ1) is 19.3. The van der Waals surface area contributed by atoms with Crippen molar-refractivity contribution in [1.29, 1.82) is 0 Å². The van der Waals surface area contributed by atoms with E-state index in [0.29, 0.717) is 16.8 Å². The van der Waals surface area contributed by atoms with Crippen LogP contribution in [0.5, 0.6) is 0 Å². The van der Waals surface area contributed by atoms with Gasteiger partial charge in [-0.15, -0.1) is 0 Å². The monoisotopic (exact) mass is 568 g/mol. The zero-order valence-electron chi connectivity index (χ0n) is 25.1. The van der Waals surface area contributed by atoms with Crippen LogP contribution in [0.25, 0.3) is 21.8 Å². The van der Waals surface area contributed by atoms with Crippen LogP contribution in [0, 0.1) is 12.5 Å². The number of allylic oxidation sites excluding steroid dienone is 1. The third-order valence-corrected chi connectivity index (χ3v) is 6.27. The topological polar surface area (TPSA) is 122 Å². The minimum Gasteiger partial charge on any atom is -0.443 e. The van der Waals surface area contributed by atoms with Gasteiger partial charge in [-0.05, 0) is 60.3 Å². The van der Waals surface area contributed by atoms with Gasteiger partial charge in [0.15, 0.2) is 18.3 Å². The highest BCUT2D eigenvalue weighted by Gasteiger charge is 2.36. The predicted molar refractivity (Wildman–Crippen MR) is 153 cm³/mol. The van der Waals surface area contributed by atoms with Crippen molar-refractivity contribution in [1.82, 2.24) is 19.7 Å². The summed E-state index contributed by atoms with van der Waals surface area (Å²) in [5.41, 5.74) is 0.400. The molecule has 0 spiro atoms. The van der Waals surface area contributed by atoms with Gasteiger partial charge in [0.2, 0.25) is 0 Å². The lowest BCUT2D eigenvalue weighted by Gasteiger charge is -2.29. The molecule has 12 nitrogen and oxygen atoms in total. The molecule has 1 aliphatic carbocycles. The Morgan fingerprint density at radius 1 is 1.07 bits per heavy atom. The van der Waals surface area contributed by atoms with Gasteiger partial charge in [-0.3, -0.25) is 4.68 Å². The number of methoxy groups -OCH3 is 2. The summed E-state index contributed by atoms with van der Waals surface area (Å²) in [6.45, 7) is 17.6. The fourth-order valence-electron chi connectivity index (χ4n) is 4.55. The van der Waals surface area contributed by atoms with E-state index in [0.717, 1.165) is 36.3 Å². The van der Waals surface area contributed by atoms with E-state index < -0.39 is 29.7 Å². The summed E-state index contributed by atoms with van der Waals surface area (Å²) >= 11 is 0. The van der Waals surface area contributed by atoms with Crippen molar-refractivity contribution in [3.8, 4) is 11.3 Å². The molecule has 0 N–H and O–H groups in total. The van der Waals surface area contributed by atoms with Crippen molar-refractivity contribution < 1.29 is 28.5 Å². The molecule has 0 aliphatic heterocycles. The number of hydrogen-bond acceptors (Lipinski definition) is 9. The third-order valence-electron chi connectivity index (χ3n) is 6.27. The van der Waals surface area contributed by atoms with Gasteiger partial charge in [0.1, 0.15) is 17.5 Å². The Hall–Kier alpha value is -3.82. The van der Waals surface area contributed by atoms with E-state index in [9.17, 15) is 9.59 Å². The average molecular weight is 569 g/mol. The molecule has 1 aliphatic rings. The first kappa shape index (κ1) is 31.7. The van der Waals surface area contributed by atoms with Crippen LogP contribution in [0.1, 0.15) is 72.8 Å². The van der Waals surface area contributed by atoms with E-state index in [2.05, 4.69) is 19.9 Å². The molecule has 1 fully saturated rings. The van der Waals surface area contributed by atoms with Crippen molar-refractivity contribution in [2.45, 2.75) is 91.1 Å². The number of aromatic nitrogens is 4. The van der Waals surface area contributed by atoms with Gasteiger partial charge in [-0.25, -0.2) is 24.4 Å². The average Bonchev–Trinajstić information content (AvgIpc) is 3.57. The van der Waals surface area contributed by atoms with Crippen molar-refractivity contribution in [3.05, 3.63) is 41.9 Å². The van der Waals surface area contributed by atoms with Gasteiger partial charge >= 0.3 is 12.2 Å². The molecule has 0 saturated heterocycles. The smallest absolute Gasteiger partial charge is 0.425 e. The Morgan fingerprint density at radius 2 is 1.66 bits per heavy atom. The molecule has 2 aromatic rings. The largest absolute Gasteiger partial charge is 0.443 e. The van der Waals surface area contributed by atoms with E-state index in [-0.39, 0.29) is 18.2 Å². The molecule has 0 aromatic carbocycles. The van der Waals surface area contributed by atoms with E-state index >= 15 is 0 Å². The maximum absolute atomic E-state index is 13.5. The van der Waals surface area contributed by atoms with Crippen LogP contribution in [-0.2, 0) is 25.4 Å². The summed E-state index contributed by atoms with van der Waals surface area (Å²) in [7, 11) is 2.97. The van der Waals surface area contributed by atoms with Crippen LogP contribution in [-0.4, -0.2) is 63.6 Å². The van der Waals surface area contributed by atoms with Crippen LogP contribution >= 0.6 is 0 Å². The van der Waals surface area contributed by atoms with Gasteiger partial charge in [0.25, 0.3) is 0 Å². The van der Waals surface area contributed by atoms with E-state index in [4.69, 9.17) is 25.5 Å². The number of rotatable bonds is 8. The Labute approximate surface area is 241 Å². The first-order valence-electron chi connectivity index (χ1n) is 13.6. The highest BCUT2D eigenvalue weighted by molar-refractivity contribution is 6.09. The maximum Gasteiger partial charge on any atom is 0.425 e. The molecule has 12 heteroatoms. The van der Waals surface area contributed by atoms with Gasteiger partial charge < -0.3 is 18.9 Å². The number of hydrogen-bond donors (Lipinski definition) is 0. The SMILES string of the molecule is [C-]#[N+]/C=C(/C1CCCC1)n1cc(-c2ncnc(N(C(=O)OC(C)(C)C)C(=O)OC(C)(C)C)c2CC(OC)OC)cn1. The number of ether oxygens (including phenoxy) is 4. The second kappa shape index (κ2) is 13.2. The summed E-state index contributed by atoms with van der Waals surface area (Å²) in [5.74, 6) is 0.205. The summed E-state index contributed by atoms with van der Waals surface area (Å²) in [4.78, 5) is 40.0. The zero-order chi connectivity index (χ0) is 30.4. The Balaban J connectivity index is 2.19. The third kappa shape index (κ3) is 8.34. The van der Waals surface area contributed by atoms with Crippen LogP contribution in [0.4, 0.5) is 15.4 Å². The lowest BCUT2D eigenvalue weighted by atomic mass is 10.0. The van der Waals surface area contributed by atoms with E-state index in [1.54, 1.807) is 58.6 Å². The Kier molecular flexibility index (Phi) is 10.2. The molecule has 2 aromatic heterocycles. The lowest BCUT2D eigenvalue weighted by molar-refractivity contribution is -0.100. The fourth-order valence-corrected chi connectivity index (χ4v) is 4.55. The zero-order valence-corrected chi connectivity index (χ0v) is 25.1. The summed E-state index contributed by atoms with van der Waals surface area (Å²) < 4.78 is 23.8. The quantitative estimate of drug-likeness (QED) is 0.275. The molecule has 3 rings (SSSR count). The molecule has 0 unspecified atom stereocenters. The van der Waals surface area contributed by atoms with E-state index in [1.807, 2.05) is 0 Å². The molecular weight excluding hydrogens is 528 g/mol. The highest BCUT2D eigenvalue weighted by atomic mass is 16.7. The van der Waals surface area contributed by atoms with Crippen LogP contribution in [0.2, 0.25) is 0 Å². The molecule has 41 heavy (non-hydrogen) atoms. The molecule has 2 amide bonds. The number of imide groups is 1. The standard InChI is InChI=1S/C29H40N6O6/c1-28(2,3)40-26(36)35(27(37)41-29(4,5)6)25-21(14-23(38-8)39-9)24(31-18-32-25)20-15-33-34(17-20)22(16-30-7)19-12-10-11-13-19/h15-19,23H,10-14H2,1-6,8-9H3/b22-16-. The first-order valence-corrected chi connectivity index (χ1v) is 13.6. The summed E-state index contributed by atoms with van der Waals surface area (Å²) in [5, 5.41) is 4.54. The maximum atomic E-state index is 13.5. The number of carbonyl (C=O) groups excluding carboxylic acids is 2. The molecule has 0 bridgehead atoms. The molecule has 1 saturated carbocycles. The number of carbonyl (C=O) groups is 2. The predicted octanol–water partition coefficient (Wildman–Crippen LogP) is 6.09. The van der Waals surface area contributed by atoms with Crippen molar-refractivity contribution >= 4 is 23.7 Å². The molecule has 2 heterocycles. The second-order valence-electron chi connectivity index (χ2n) is 11.8. The van der Waals surface area contributed by atoms with Gasteiger partial charge in [-0.1, -0.05) is 12.8 Å². The fraction of sp³-hybridized carbons (Fsp3) is 0.586. The number of amides is 2. The second-order valence-corrected chi connectivity index (χ2v) is 11.8. The summed E-state index contributed by atoms with van der Waals surface area (Å²) in [6, 6.07) is 0. The highest BCUT2D eigenvalue weighted by Crippen LogP contribution is 2.36. The lowest BCUT2D eigenvalue weighted by Crippen LogP contribution is -2.45. The minimum absolute atomic E-state index is 0.0296. The van der Waals surface area contributed by atoms with Crippen molar-refractivity contribution in [2.75, 3.05) is 19.1 Å². The van der Waals surface area contributed by atoms with Crippen molar-refractivity contribution in [3.63, 3.8) is 0 Å².